The van der Waals surface area contributed by atoms with Gasteiger partial charge in [0.15, 0.2) is 0 Å². The molecule has 0 saturated heterocycles. The Morgan fingerprint density at radius 2 is 0.793 bits per heavy atom. The van der Waals surface area contributed by atoms with Crippen molar-refractivity contribution in [3.05, 3.63) is 49.5 Å². The molecule has 0 aliphatic heterocycles. The van der Waals surface area contributed by atoms with Gasteiger partial charge in [0.2, 0.25) is 10.9 Å². The van der Waals surface area contributed by atoms with Crippen molar-refractivity contribution < 1.29 is 64.9 Å². The highest BCUT2D eigenvalue weighted by Gasteiger charge is 2.38. The Labute approximate surface area is 358 Å². The third-order valence-electron chi connectivity index (χ3n) is 10.5. The number of aromatic hydroxyl groups is 6. The molecule has 8 aromatic carbocycles. The lowest BCUT2D eigenvalue weighted by Crippen LogP contribution is -2.21. The molecule has 0 amide bonds. The van der Waals surface area contributed by atoms with E-state index in [4.69, 9.17) is 8.37 Å². The average molecular weight is 1100 g/mol. The van der Waals surface area contributed by atoms with Crippen LogP contribution in [0.3, 0.4) is 0 Å². The van der Waals surface area contributed by atoms with Crippen molar-refractivity contribution in [3.8, 4) is 34.5 Å². The van der Waals surface area contributed by atoms with Crippen LogP contribution in [0.25, 0.3) is 75.4 Å². The number of fused-ring (bicyclic) bond motifs is 2. The first kappa shape index (κ1) is 41.2. The zero-order valence-corrected chi connectivity index (χ0v) is 37.1. The van der Waals surface area contributed by atoms with Crippen LogP contribution in [0, 0.1) is 0 Å². The molecule has 0 radical (unpaired) electrons. The van der Waals surface area contributed by atoms with E-state index in [1.165, 1.54) is 6.92 Å². The second-order valence-electron chi connectivity index (χ2n) is 13.9. The summed E-state index contributed by atoms with van der Waals surface area (Å²) in [6.45, 7) is 2.96. The Morgan fingerprint density at radius 3 is 1.16 bits per heavy atom. The van der Waals surface area contributed by atoms with Crippen LogP contribution >= 0.6 is 63.7 Å². The zero-order chi connectivity index (χ0) is 42.6. The van der Waals surface area contributed by atoms with Crippen LogP contribution in [0.2, 0.25) is 0 Å². The Balaban J connectivity index is 1.82. The molecule has 0 heterocycles. The SMILES string of the molecule is CCC[C@H](Cc1c(Br)c(O)c2c(=O)c3c(O)c(Br)c(O)c4c5c(O)c(Br)c(O)c6c(=O)c7c(O)c(Br)c(C[C@H](C)OS(=O)(=O)O)c8c1c2c(c34)c(c65)c78)OS(=O)(=O)O. The quantitative estimate of drug-likeness (QED) is 0.0368. The summed E-state index contributed by atoms with van der Waals surface area (Å²) in [7, 11) is -10.2. The van der Waals surface area contributed by atoms with Gasteiger partial charge in [-0.1, -0.05) is 13.3 Å². The number of halogens is 4. The van der Waals surface area contributed by atoms with Crippen LogP contribution in [0.5, 0.6) is 34.5 Å². The van der Waals surface area contributed by atoms with Gasteiger partial charge in [-0.05, 0) is 99.0 Å². The van der Waals surface area contributed by atoms with Crippen LogP contribution in [0.4, 0.5) is 0 Å². The van der Waals surface area contributed by atoms with Crippen LogP contribution in [-0.4, -0.2) is 68.8 Å². The summed E-state index contributed by atoms with van der Waals surface area (Å²) in [5.74, 6) is -4.40. The van der Waals surface area contributed by atoms with Gasteiger partial charge in [0.1, 0.15) is 43.4 Å². The largest absolute Gasteiger partial charge is 0.506 e. The molecule has 304 valence electrons. The van der Waals surface area contributed by atoms with Gasteiger partial charge in [0.25, 0.3) is 0 Å². The third-order valence-corrected chi connectivity index (χ3v) is 14.8. The van der Waals surface area contributed by atoms with E-state index in [2.05, 4.69) is 63.7 Å². The van der Waals surface area contributed by atoms with Crippen LogP contribution in [0.15, 0.2) is 27.5 Å². The number of phenols is 6. The molecular weight excluding hydrogens is 1070 g/mol. The van der Waals surface area contributed by atoms with Crippen LogP contribution in [0.1, 0.15) is 37.8 Å². The van der Waals surface area contributed by atoms with Gasteiger partial charge in [0, 0.05) is 55.9 Å². The molecule has 0 unspecified atom stereocenters. The number of phenolic OH excluding ortho intramolecular Hbond substituents is 6. The first-order chi connectivity index (χ1) is 26.9. The Morgan fingerprint density at radius 1 is 0.483 bits per heavy atom. The molecule has 8 rings (SSSR count). The van der Waals surface area contributed by atoms with Crippen molar-refractivity contribution in [2.45, 2.75) is 51.7 Å². The summed E-state index contributed by atoms with van der Waals surface area (Å²) in [6.07, 6.45) is -3.32. The summed E-state index contributed by atoms with van der Waals surface area (Å²) in [5, 5.41) is 67.5. The summed E-state index contributed by atoms with van der Waals surface area (Å²) >= 11 is 13.0. The third kappa shape index (κ3) is 5.59. The predicted molar refractivity (Wildman–Crippen MR) is 228 cm³/mol. The number of hydrogen-bond acceptors (Lipinski definition) is 14. The first-order valence-electron chi connectivity index (χ1n) is 16.8. The van der Waals surface area contributed by atoms with E-state index in [0.717, 1.165) is 0 Å². The van der Waals surface area contributed by atoms with Crippen molar-refractivity contribution in [1.29, 1.82) is 0 Å². The predicted octanol–water partition coefficient (Wildman–Crippen LogP) is 7.80. The van der Waals surface area contributed by atoms with Gasteiger partial charge in [-0.3, -0.25) is 18.7 Å². The fraction of sp³-hybridized carbons (Fsp3) is 0.222. The highest BCUT2D eigenvalue weighted by Crippen LogP contribution is 2.61. The summed E-state index contributed by atoms with van der Waals surface area (Å²) < 4.78 is 75.9. The Hall–Kier alpha value is -3.58. The maximum atomic E-state index is 14.9. The van der Waals surface area contributed by atoms with Crippen LogP contribution in [-0.2, 0) is 42.0 Å². The van der Waals surface area contributed by atoms with Gasteiger partial charge in [0.05, 0.1) is 42.7 Å². The monoisotopic (exact) mass is 1090 g/mol. The summed E-state index contributed by atoms with van der Waals surface area (Å²) in [6, 6.07) is 0. The maximum Gasteiger partial charge on any atom is 0.397 e. The molecule has 0 saturated carbocycles. The standard InChI is InChI=1S/C36H24Br4O16S2/c1-3-4-8(56-58(52,53)54)6-10-12-11-9(5-7(2)55-57(49,50)51)25(37)33(45)21-13(11)15-16-14(12)22(34(46)26(10)38)30(42)24-18(16)20(32(44)28(40)36(24)48)19-17(15)23(29(21)41)35(47)27(39)31(19)43/h7-8,43-48H,3-6H2,1-2H3,(H,49,50,51)(H,52,53,54)/t7-,8+/m0/s1. The molecule has 8 aromatic rings. The van der Waals surface area contributed by atoms with E-state index in [-0.39, 0.29) is 80.4 Å². The van der Waals surface area contributed by atoms with Gasteiger partial charge in [-0.25, -0.2) is 8.37 Å². The topological polar surface area (TPSA) is 283 Å². The summed E-state index contributed by atoms with van der Waals surface area (Å²) in [4.78, 5) is 29.7. The van der Waals surface area contributed by atoms with E-state index in [1.807, 2.05) is 0 Å². The molecule has 0 spiro atoms. The van der Waals surface area contributed by atoms with Crippen molar-refractivity contribution in [2.24, 2.45) is 0 Å². The minimum atomic E-state index is -5.09. The fourth-order valence-corrected chi connectivity index (χ4v) is 11.5. The highest BCUT2D eigenvalue weighted by molar-refractivity contribution is 9.11. The van der Waals surface area contributed by atoms with E-state index in [1.54, 1.807) is 6.92 Å². The van der Waals surface area contributed by atoms with Crippen LogP contribution < -0.4 is 10.9 Å². The van der Waals surface area contributed by atoms with Crippen molar-refractivity contribution >= 4 is 160 Å². The normalized spacial score (nSPS) is 14.3. The molecule has 0 aliphatic rings. The number of hydrogen-bond donors (Lipinski definition) is 8. The lowest BCUT2D eigenvalue weighted by molar-refractivity contribution is 0.172. The lowest BCUT2D eigenvalue weighted by Gasteiger charge is -2.28. The maximum absolute atomic E-state index is 14.9. The van der Waals surface area contributed by atoms with Gasteiger partial charge in [-0.2, -0.15) is 16.8 Å². The van der Waals surface area contributed by atoms with Gasteiger partial charge >= 0.3 is 20.8 Å². The molecular formula is C36H24Br4O16S2. The Bertz CT molecular complexity index is 3490. The minimum Gasteiger partial charge on any atom is -0.506 e. The average Bonchev–Trinajstić information content (AvgIpc) is 3.11. The van der Waals surface area contributed by atoms with E-state index >= 15 is 0 Å². The fourth-order valence-electron chi connectivity index (χ4n) is 8.64. The molecule has 0 aromatic heterocycles. The van der Waals surface area contributed by atoms with E-state index in [9.17, 15) is 66.2 Å². The second kappa shape index (κ2) is 13.5. The Kier molecular flexibility index (Phi) is 9.56. The zero-order valence-electron chi connectivity index (χ0n) is 29.2. The second-order valence-corrected chi connectivity index (χ2v) is 19.2. The first-order valence-corrected chi connectivity index (χ1v) is 22.7. The molecule has 2 atom stereocenters. The molecule has 58 heavy (non-hydrogen) atoms. The van der Waals surface area contributed by atoms with Gasteiger partial charge in [-0.15, -0.1) is 0 Å². The summed E-state index contributed by atoms with van der Waals surface area (Å²) in [5.41, 5.74) is -1.99. The molecule has 22 heteroatoms. The number of rotatable bonds is 10. The highest BCUT2D eigenvalue weighted by atomic mass is 79.9. The van der Waals surface area contributed by atoms with Crippen molar-refractivity contribution in [2.75, 3.05) is 0 Å². The molecule has 16 nitrogen and oxygen atoms in total. The number of benzene rings is 8. The lowest BCUT2D eigenvalue weighted by atomic mass is 9.77. The molecule has 8 N–H and O–H groups in total. The van der Waals surface area contributed by atoms with Crippen molar-refractivity contribution in [1.82, 2.24) is 0 Å². The smallest absolute Gasteiger partial charge is 0.397 e. The van der Waals surface area contributed by atoms with Crippen molar-refractivity contribution in [3.63, 3.8) is 0 Å². The molecule has 0 aliphatic carbocycles. The molecule has 0 bridgehead atoms. The van der Waals surface area contributed by atoms with Gasteiger partial charge < -0.3 is 30.6 Å². The van der Waals surface area contributed by atoms with E-state index in [0.29, 0.717) is 6.42 Å². The minimum absolute atomic E-state index is 0.00312. The molecule has 0 fully saturated rings. The van der Waals surface area contributed by atoms with E-state index < -0.39 is 122 Å².